The van der Waals surface area contributed by atoms with E-state index in [1.54, 1.807) is 4.68 Å². The molecule has 0 bridgehead atoms. The Morgan fingerprint density at radius 1 is 1.12 bits per heavy atom. The van der Waals surface area contributed by atoms with Crippen LogP contribution in [0.2, 0.25) is 0 Å². The van der Waals surface area contributed by atoms with Gasteiger partial charge >= 0.3 is 0 Å². The van der Waals surface area contributed by atoms with Crippen molar-refractivity contribution in [1.82, 2.24) is 29.9 Å². The number of hydrogen-bond acceptors (Lipinski definition) is 5. The topological polar surface area (TPSA) is 96.8 Å². The predicted molar refractivity (Wildman–Crippen MR) is 124 cm³/mol. The molecule has 3 heterocycles. The zero-order chi connectivity index (χ0) is 22.1. The first kappa shape index (κ1) is 20.6. The highest BCUT2D eigenvalue weighted by Gasteiger charge is 2.28. The number of likely N-dealkylation sites (tertiary alicyclic amines) is 1. The van der Waals surface area contributed by atoms with Gasteiger partial charge in [0.05, 0.1) is 12.1 Å². The Labute approximate surface area is 192 Å². The fraction of sp³-hybridized carbons (Fsp3) is 0.261. The highest BCUT2D eigenvalue weighted by atomic mass is 79.9. The van der Waals surface area contributed by atoms with E-state index in [2.05, 4.69) is 31.2 Å². The zero-order valence-corrected chi connectivity index (χ0v) is 18.8. The molecule has 5 rings (SSSR count). The summed E-state index contributed by atoms with van der Waals surface area (Å²) in [7, 11) is 0. The van der Waals surface area contributed by atoms with E-state index >= 15 is 0 Å². The molecule has 1 fully saturated rings. The van der Waals surface area contributed by atoms with Crippen LogP contribution in [-0.2, 0) is 6.54 Å². The summed E-state index contributed by atoms with van der Waals surface area (Å²) in [5, 5.41) is 8.17. The normalized spacial score (nSPS) is 16.4. The Morgan fingerprint density at radius 2 is 1.91 bits per heavy atom. The van der Waals surface area contributed by atoms with E-state index in [4.69, 9.17) is 4.98 Å². The molecule has 8 nitrogen and oxygen atoms in total. The summed E-state index contributed by atoms with van der Waals surface area (Å²) in [6.45, 7) is 1.65. The van der Waals surface area contributed by atoms with E-state index in [0.717, 1.165) is 22.9 Å². The molecule has 1 aliphatic heterocycles. The molecule has 0 aliphatic carbocycles. The van der Waals surface area contributed by atoms with Gasteiger partial charge < -0.3 is 9.88 Å². The van der Waals surface area contributed by atoms with Gasteiger partial charge in [0.15, 0.2) is 11.2 Å². The lowest BCUT2D eigenvalue weighted by atomic mass is 9.96. The van der Waals surface area contributed by atoms with Crippen molar-refractivity contribution in [2.45, 2.75) is 25.3 Å². The number of amides is 1. The molecule has 162 valence electrons. The standard InChI is InChI=1S/C23H21BrN6O2/c24-18-11-5-4-10-17(18)23(32)29-12-6-9-16(14-29)20-25-21-19(22(31)26-20)27-28-30(21)13-15-7-2-1-3-8-15/h1-5,7-8,10-11,16H,6,9,12-14H2,(H,25,26,31)/t16-/m0/s1. The van der Waals surface area contributed by atoms with Crippen LogP contribution in [0.25, 0.3) is 11.2 Å². The largest absolute Gasteiger partial charge is 0.338 e. The minimum absolute atomic E-state index is 0.0265. The van der Waals surface area contributed by atoms with Crippen molar-refractivity contribution in [2.24, 2.45) is 0 Å². The average Bonchev–Trinajstić information content (AvgIpc) is 3.23. The van der Waals surface area contributed by atoms with Crippen molar-refractivity contribution < 1.29 is 4.79 Å². The van der Waals surface area contributed by atoms with Crippen LogP contribution in [0.3, 0.4) is 0 Å². The Bertz CT molecular complexity index is 1330. The van der Waals surface area contributed by atoms with E-state index in [1.165, 1.54) is 0 Å². The summed E-state index contributed by atoms with van der Waals surface area (Å²) in [5.41, 5.74) is 2.06. The Morgan fingerprint density at radius 3 is 2.72 bits per heavy atom. The Balaban J connectivity index is 1.44. The van der Waals surface area contributed by atoms with Crippen molar-refractivity contribution in [3.8, 4) is 0 Å². The predicted octanol–water partition coefficient (Wildman–Crippen LogP) is 3.35. The van der Waals surface area contributed by atoms with E-state index in [0.29, 0.717) is 36.7 Å². The van der Waals surface area contributed by atoms with E-state index in [1.807, 2.05) is 59.5 Å². The van der Waals surface area contributed by atoms with Crippen LogP contribution in [-0.4, -0.2) is 48.9 Å². The molecule has 4 aromatic rings. The number of nitrogens with zero attached hydrogens (tertiary/aromatic N) is 5. The maximum Gasteiger partial charge on any atom is 0.281 e. The molecule has 0 unspecified atom stereocenters. The molecule has 2 aromatic heterocycles. The number of aromatic nitrogens is 5. The molecule has 1 N–H and O–H groups in total. The molecule has 1 saturated heterocycles. The monoisotopic (exact) mass is 492 g/mol. The number of benzene rings is 2. The molecule has 32 heavy (non-hydrogen) atoms. The van der Waals surface area contributed by atoms with E-state index in [9.17, 15) is 9.59 Å². The summed E-state index contributed by atoms with van der Waals surface area (Å²) in [4.78, 5) is 35.2. The van der Waals surface area contributed by atoms with Crippen LogP contribution in [0.5, 0.6) is 0 Å². The second-order valence-electron chi connectivity index (χ2n) is 7.93. The summed E-state index contributed by atoms with van der Waals surface area (Å²) in [5.74, 6) is 0.484. The Hall–Kier alpha value is -3.33. The number of H-pyrrole nitrogens is 1. The SMILES string of the molecule is O=C(c1ccccc1Br)N1CCC[C@H](c2nc3c(nnn3Cc3ccccc3)c(=O)[nH]2)C1. The fourth-order valence-electron chi connectivity index (χ4n) is 4.13. The van der Waals surface area contributed by atoms with Gasteiger partial charge in [-0.1, -0.05) is 47.7 Å². The third-order valence-electron chi connectivity index (χ3n) is 5.77. The van der Waals surface area contributed by atoms with Crippen molar-refractivity contribution in [3.05, 3.63) is 86.4 Å². The lowest BCUT2D eigenvalue weighted by Crippen LogP contribution is -2.40. The second-order valence-corrected chi connectivity index (χ2v) is 8.78. The molecule has 0 radical (unpaired) electrons. The zero-order valence-electron chi connectivity index (χ0n) is 17.2. The molecule has 1 aliphatic rings. The van der Waals surface area contributed by atoms with Crippen molar-refractivity contribution in [1.29, 1.82) is 0 Å². The maximum absolute atomic E-state index is 13.1. The van der Waals surface area contributed by atoms with Crippen molar-refractivity contribution in [2.75, 3.05) is 13.1 Å². The number of aromatic amines is 1. The molecular formula is C23H21BrN6O2. The first-order valence-corrected chi connectivity index (χ1v) is 11.3. The summed E-state index contributed by atoms with van der Waals surface area (Å²) < 4.78 is 2.42. The third kappa shape index (κ3) is 3.95. The minimum Gasteiger partial charge on any atom is -0.338 e. The second kappa shape index (κ2) is 8.66. The summed E-state index contributed by atoms with van der Waals surface area (Å²) in [6.07, 6.45) is 1.68. The van der Waals surface area contributed by atoms with Gasteiger partial charge in [-0.15, -0.1) is 5.10 Å². The van der Waals surface area contributed by atoms with Gasteiger partial charge in [0.25, 0.3) is 11.5 Å². The molecule has 9 heteroatoms. The van der Waals surface area contributed by atoms with Gasteiger partial charge in [-0.05, 0) is 46.5 Å². The van der Waals surface area contributed by atoms with Gasteiger partial charge in [-0.25, -0.2) is 9.67 Å². The van der Waals surface area contributed by atoms with E-state index < -0.39 is 0 Å². The van der Waals surface area contributed by atoms with Gasteiger partial charge in [0.2, 0.25) is 0 Å². The number of rotatable bonds is 4. The first-order valence-electron chi connectivity index (χ1n) is 10.5. The summed E-state index contributed by atoms with van der Waals surface area (Å²) in [6, 6.07) is 17.3. The number of carbonyl (C=O) groups is 1. The van der Waals surface area contributed by atoms with E-state index in [-0.39, 0.29) is 22.9 Å². The van der Waals surface area contributed by atoms with Gasteiger partial charge in [0.1, 0.15) is 5.82 Å². The molecule has 1 amide bonds. The highest BCUT2D eigenvalue weighted by molar-refractivity contribution is 9.10. The number of halogens is 1. The lowest BCUT2D eigenvalue weighted by Gasteiger charge is -2.32. The number of fused-ring (bicyclic) bond motifs is 1. The molecular weight excluding hydrogens is 472 g/mol. The molecule has 0 spiro atoms. The van der Waals surface area contributed by atoms with Gasteiger partial charge in [0, 0.05) is 23.5 Å². The van der Waals surface area contributed by atoms with Gasteiger partial charge in [-0.2, -0.15) is 0 Å². The van der Waals surface area contributed by atoms with Gasteiger partial charge in [-0.3, -0.25) is 9.59 Å². The molecule has 0 saturated carbocycles. The minimum atomic E-state index is -0.307. The Kier molecular flexibility index (Phi) is 5.57. The first-order chi connectivity index (χ1) is 15.6. The van der Waals surface area contributed by atoms with Crippen LogP contribution in [0.4, 0.5) is 0 Å². The van der Waals surface area contributed by atoms with Crippen molar-refractivity contribution in [3.63, 3.8) is 0 Å². The molecule has 2 aromatic carbocycles. The lowest BCUT2D eigenvalue weighted by molar-refractivity contribution is 0.0703. The highest BCUT2D eigenvalue weighted by Crippen LogP contribution is 2.27. The smallest absolute Gasteiger partial charge is 0.281 e. The summed E-state index contributed by atoms with van der Waals surface area (Å²) >= 11 is 3.47. The number of hydrogen-bond donors (Lipinski definition) is 1. The van der Waals surface area contributed by atoms with Crippen LogP contribution < -0.4 is 5.56 Å². The fourth-order valence-corrected chi connectivity index (χ4v) is 4.58. The van der Waals surface area contributed by atoms with Crippen molar-refractivity contribution >= 4 is 33.0 Å². The molecule has 1 atom stereocenters. The number of piperidine rings is 1. The van der Waals surface area contributed by atoms with Crippen LogP contribution in [0.1, 0.15) is 40.5 Å². The van der Waals surface area contributed by atoms with Crippen LogP contribution in [0.15, 0.2) is 63.9 Å². The third-order valence-corrected chi connectivity index (χ3v) is 6.46. The average molecular weight is 493 g/mol. The van der Waals surface area contributed by atoms with Crippen LogP contribution >= 0.6 is 15.9 Å². The quantitative estimate of drug-likeness (QED) is 0.471. The van der Waals surface area contributed by atoms with Crippen LogP contribution in [0, 0.1) is 0 Å². The number of nitrogens with one attached hydrogen (secondary N) is 1. The number of carbonyl (C=O) groups excluding carboxylic acids is 1. The maximum atomic E-state index is 13.1.